The number of amides is 2. The summed E-state index contributed by atoms with van der Waals surface area (Å²) in [7, 11) is 3.12. The first-order valence-electron chi connectivity index (χ1n) is 11.2. The van der Waals surface area contributed by atoms with Crippen molar-refractivity contribution < 1.29 is 23.5 Å². The number of methoxy groups -OCH3 is 2. The molecule has 4 rings (SSSR count). The van der Waals surface area contributed by atoms with Crippen LogP contribution < -0.4 is 20.1 Å². The molecule has 2 heterocycles. The highest BCUT2D eigenvalue weighted by atomic mass is 16.5. The minimum Gasteiger partial charge on any atom is -0.493 e. The first-order chi connectivity index (χ1) is 17.5. The van der Waals surface area contributed by atoms with E-state index in [0.29, 0.717) is 40.1 Å². The van der Waals surface area contributed by atoms with Crippen LogP contribution in [0.5, 0.6) is 11.5 Å². The molecule has 0 aliphatic heterocycles. The Morgan fingerprint density at radius 3 is 2.47 bits per heavy atom. The molecule has 2 aromatic heterocycles. The average molecular weight is 487 g/mol. The molecule has 0 radical (unpaired) electrons. The summed E-state index contributed by atoms with van der Waals surface area (Å²) in [5.74, 6) is 1.83. The molecule has 9 heteroatoms. The van der Waals surface area contributed by atoms with Crippen LogP contribution in [0.3, 0.4) is 0 Å². The molecule has 0 aliphatic rings. The lowest BCUT2D eigenvalue weighted by atomic mass is 10.1. The van der Waals surface area contributed by atoms with E-state index < -0.39 is 0 Å². The predicted octanol–water partition coefficient (Wildman–Crippen LogP) is 4.17. The van der Waals surface area contributed by atoms with Gasteiger partial charge in [-0.25, -0.2) is 4.98 Å². The number of carbonyl (C=O) groups excluding carboxylic acids is 2. The molecular formula is C27H26N4O5. The van der Waals surface area contributed by atoms with Gasteiger partial charge in [-0.1, -0.05) is 6.07 Å². The van der Waals surface area contributed by atoms with Crippen molar-refractivity contribution in [2.45, 2.75) is 19.9 Å². The lowest BCUT2D eigenvalue weighted by Gasteiger charge is -2.09. The summed E-state index contributed by atoms with van der Waals surface area (Å²) in [5.41, 5.74) is 3.31. The van der Waals surface area contributed by atoms with Crippen molar-refractivity contribution in [1.82, 2.24) is 15.3 Å². The van der Waals surface area contributed by atoms with Crippen molar-refractivity contribution >= 4 is 17.5 Å². The van der Waals surface area contributed by atoms with Gasteiger partial charge in [0.25, 0.3) is 5.91 Å². The molecule has 0 unspecified atom stereocenters. The smallest absolute Gasteiger partial charge is 0.257 e. The first-order valence-corrected chi connectivity index (χ1v) is 11.2. The van der Waals surface area contributed by atoms with Gasteiger partial charge in [0.05, 0.1) is 32.7 Å². The van der Waals surface area contributed by atoms with Crippen LogP contribution in [0.4, 0.5) is 5.69 Å². The summed E-state index contributed by atoms with van der Waals surface area (Å²) in [6, 6.07) is 15.9. The largest absolute Gasteiger partial charge is 0.493 e. The fraction of sp³-hybridized carbons (Fsp3) is 0.185. The van der Waals surface area contributed by atoms with Gasteiger partial charge in [0.1, 0.15) is 11.5 Å². The number of hydrogen-bond acceptors (Lipinski definition) is 7. The Morgan fingerprint density at radius 1 is 1.00 bits per heavy atom. The summed E-state index contributed by atoms with van der Waals surface area (Å²) in [6.45, 7) is 2.04. The van der Waals surface area contributed by atoms with Gasteiger partial charge < -0.3 is 24.5 Å². The topological polar surface area (TPSA) is 116 Å². The molecule has 2 N–H and O–H groups in total. The average Bonchev–Trinajstić information content (AvgIpc) is 3.28. The number of rotatable bonds is 9. The van der Waals surface area contributed by atoms with Crippen LogP contribution in [0, 0.1) is 6.92 Å². The Kier molecular flexibility index (Phi) is 7.60. The number of ether oxygens (including phenoxy) is 2. The third kappa shape index (κ3) is 5.87. The van der Waals surface area contributed by atoms with Crippen LogP contribution in [0.2, 0.25) is 0 Å². The van der Waals surface area contributed by atoms with Crippen LogP contribution in [-0.2, 0) is 17.8 Å². The molecule has 2 aromatic carbocycles. The maximum absolute atomic E-state index is 12.5. The zero-order valence-electron chi connectivity index (χ0n) is 20.2. The van der Waals surface area contributed by atoms with Gasteiger partial charge in [0.15, 0.2) is 11.5 Å². The Bertz CT molecular complexity index is 1350. The number of carbonyl (C=O) groups is 2. The molecule has 2 amide bonds. The van der Waals surface area contributed by atoms with Crippen molar-refractivity contribution in [2.24, 2.45) is 0 Å². The zero-order chi connectivity index (χ0) is 25.5. The standard InChI is InChI=1S/C27H26N4O5/c1-17-22(16-29-25(32)14-18-6-11-23(34-2)24(13-18)35-3)31-27(36-17)19-7-9-21(10-8-19)30-26(33)20-5-4-12-28-15-20/h4-13,15H,14,16H2,1-3H3,(H,29,32)(H,30,33). The van der Waals surface area contributed by atoms with E-state index in [9.17, 15) is 9.59 Å². The zero-order valence-corrected chi connectivity index (χ0v) is 20.2. The summed E-state index contributed by atoms with van der Waals surface area (Å²) in [6.07, 6.45) is 3.31. The molecule has 9 nitrogen and oxygen atoms in total. The summed E-state index contributed by atoms with van der Waals surface area (Å²) in [4.78, 5) is 33.3. The Morgan fingerprint density at radius 2 is 1.78 bits per heavy atom. The van der Waals surface area contributed by atoms with Gasteiger partial charge in [0, 0.05) is 23.6 Å². The minimum atomic E-state index is -0.242. The quantitative estimate of drug-likeness (QED) is 0.365. The Hall–Kier alpha value is -4.66. The van der Waals surface area contributed by atoms with Crippen LogP contribution >= 0.6 is 0 Å². The van der Waals surface area contributed by atoms with E-state index in [2.05, 4.69) is 20.6 Å². The van der Waals surface area contributed by atoms with E-state index in [1.165, 1.54) is 6.20 Å². The molecule has 0 bridgehead atoms. The molecule has 0 aliphatic carbocycles. The number of aromatic nitrogens is 2. The third-order valence-electron chi connectivity index (χ3n) is 5.47. The van der Waals surface area contributed by atoms with Crippen molar-refractivity contribution in [1.29, 1.82) is 0 Å². The molecule has 0 spiro atoms. The van der Waals surface area contributed by atoms with Gasteiger partial charge in [-0.15, -0.1) is 0 Å². The van der Waals surface area contributed by atoms with Crippen LogP contribution in [0.1, 0.15) is 27.4 Å². The predicted molar refractivity (Wildman–Crippen MR) is 134 cm³/mol. The minimum absolute atomic E-state index is 0.153. The molecular weight excluding hydrogens is 460 g/mol. The number of oxazole rings is 1. The second-order valence-corrected chi connectivity index (χ2v) is 7.94. The molecule has 184 valence electrons. The summed E-state index contributed by atoms with van der Waals surface area (Å²) in [5, 5.41) is 5.71. The maximum Gasteiger partial charge on any atom is 0.257 e. The SMILES string of the molecule is COc1ccc(CC(=O)NCc2nc(-c3ccc(NC(=O)c4cccnc4)cc3)oc2C)cc1OC. The molecule has 0 atom stereocenters. The highest BCUT2D eigenvalue weighted by Gasteiger charge is 2.14. The van der Waals surface area contributed by atoms with Gasteiger partial charge in [-0.3, -0.25) is 14.6 Å². The number of benzene rings is 2. The number of pyridine rings is 1. The van der Waals surface area contributed by atoms with E-state index in [0.717, 1.165) is 11.1 Å². The number of anilines is 1. The van der Waals surface area contributed by atoms with E-state index in [1.807, 2.05) is 18.2 Å². The van der Waals surface area contributed by atoms with Crippen molar-refractivity contribution in [3.63, 3.8) is 0 Å². The number of aryl methyl sites for hydroxylation is 1. The van der Waals surface area contributed by atoms with E-state index >= 15 is 0 Å². The summed E-state index contributed by atoms with van der Waals surface area (Å²) < 4.78 is 16.3. The van der Waals surface area contributed by atoms with Gasteiger partial charge in [-0.2, -0.15) is 0 Å². The third-order valence-corrected chi connectivity index (χ3v) is 5.47. The molecule has 36 heavy (non-hydrogen) atoms. The normalized spacial score (nSPS) is 10.5. The van der Waals surface area contributed by atoms with E-state index in [-0.39, 0.29) is 24.8 Å². The summed E-state index contributed by atoms with van der Waals surface area (Å²) >= 11 is 0. The number of nitrogens with one attached hydrogen (secondary N) is 2. The van der Waals surface area contributed by atoms with E-state index in [1.54, 1.807) is 63.7 Å². The van der Waals surface area contributed by atoms with Crippen molar-refractivity contribution in [3.05, 3.63) is 89.6 Å². The molecule has 0 saturated heterocycles. The van der Waals surface area contributed by atoms with Gasteiger partial charge in [0.2, 0.25) is 11.8 Å². The number of hydrogen-bond donors (Lipinski definition) is 2. The van der Waals surface area contributed by atoms with Crippen LogP contribution in [0.15, 0.2) is 71.4 Å². The van der Waals surface area contributed by atoms with Crippen molar-refractivity contribution in [2.75, 3.05) is 19.5 Å². The highest BCUT2D eigenvalue weighted by molar-refractivity contribution is 6.04. The first kappa shape index (κ1) is 24.5. The lowest BCUT2D eigenvalue weighted by molar-refractivity contribution is -0.120. The van der Waals surface area contributed by atoms with Gasteiger partial charge in [-0.05, 0) is 61.0 Å². The van der Waals surface area contributed by atoms with Crippen LogP contribution in [-0.4, -0.2) is 36.0 Å². The maximum atomic E-state index is 12.5. The van der Waals surface area contributed by atoms with Crippen molar-refractivity contribution in [3.8, 4) is 23.0 Å². The van der Waals surface area contributed by atoms with E-state index in [4.69, 9.17) is 13.9 Å². The number of nitrogens with zero attached hydrogens (tertiary/aromatic N) is 2. The highest BCUT2D eigenvalue weighted by Crippen LogP contribution is 2.28. The van der Waals surface area contributed by atoms with Crippen LogP contribution in [0.25, 0.3) is 11.5 Å². The fourth-order valence-electron chi connectivity index (χ4n) is 3.53. The lowest BCUT2D eigenvalue weighted by Crippen LogP contribution is -2.25. The second-order valence-electron chi connectivity index (χ2n) is 7.94. The molecule has 0 saturated carbocycles. The Labute approximate surface area is 208 Å². The molecule has 0 fully saturated rings. The monoisotopic (exact) mass is 486 g/mol. The molecule has 4 aromatic rings. The fourth-order valence-corrected chi connectivity index (χ4v) is 3.53. The van der Waals surface area contributed by atoms with Gasteiger partial charge >= 0.3 is 0 Å². The second kappa shape index (κ2) is 11.2. The Balaban J connectivity index is 1.35.